The number of hydrogen-bond acceptors (Lipinski definition) is 4. The van der Waals surface area contributed by atoms with E-state index in [2.05, 4.69) is 18.7 Å². The maximum Gasteiger partial charge on any atom is 0.161 e. The summed E-state index contributed by atoms with van der Waals surface area (Å²) < 4.78 is 16.3. The van der Waals surface area contributed by atoms with E-state index < -0.39 is 0 Å². The Bertz CT molecular complexity index is 482. The molecule has 1 aromatic rings. The Hall–Kier alpha value is -1.33. The molecule has 0 spiro atoms. The Balaban J connectivity index is 2.20. The van der Waals surface area contributed by atoms with E-state index in [1.54, 1.807) is 14.2 Å². The summed E-state index contributed by atoms with van der Waals surface area (Å²) in [6.45, 7) is 5.77. The van der Waals surface area contributed by atoms with E-state index >= 15 is 0 Å². The van der Waals surface area contributed by atoms with Crippen molar-refractivity contribution in [2.45, 2.75) is 26.1 Å². The number of morpholine rings is 1. The van der Waals surface area contributed by atoms with Gasteiger partial charge < -0.3 is 19.1 Å². The van der Waals surface area contributed by atoms with Gasteiger partial charge >= 0.3 is 0 Å². The Kier molecular flexibility index (Phi) is 4.83. The van der Waals surface area contributed by atoms with E-state index in [0.717, 1.165) is 23.6 Å². The van der Waals surface area contributed by atoms with Crippen LogP contribution in [0.4, 0.5) is 0 Å². The van der Waals surface area contributed by atoms with Gasteiger partial charge in [-0.25, -0.2) is 0 Å². The van der Waals surface area contributed by atoms with Crippen LogP contribution in [0.1, 0.15) is 19.4 Å². The van der Waals surface area contributed by atoms with E-state index in [1.807, 2.05) is 18.2 Å². The van der Waals surface area contributed by atoms with Gasteiger partial charge in [0.1, 0.15) is 4.99 Å². The second-order valence-electron chi connectivity index (χ2n) is 5.04. The lowest BCUT2D eigenvalue weighted by Gasteiger charge is -2.37. The highest BCUT2D eigenvalue weighted by molar-refractivity contribution is 7.80. The van der Waals surface area contributed by atoms with E-state index in [1.165, 1.54) is 0 Å². The molecule has 1 aromatic carbocycles. The molecule has 4 nitrogen and oxygen atoms in total. The zero-order chi connectivity index (χ0) is 14.7. The number of ether oxygens (including phenoxy) is 3. The van der Waals surface area contributed by atoms with Crippen LogP contribution in [0, 0.1) is 0 Å². The predicted molar refractivity (Wildman–Crippen MR) is 82.8 cm³/mol. The van der Waals surface area contributed by atoms with Crippen LogP contribution in [0.15, 0.2) is 18.2 Å². The molecule has 0 aromatic heterocycles. The van der Waals surface area contributed by atoms with Crippen LogP contribution in [-0.2, 0) is 4.74 Å². The highest BCUT2D eigenvalue weighted by Crippen LogP contribution is 2.28. The molecular formula is C15H21NO3S. The molecule has 0 radical (unpaired) electrons. The summed E-state index contributed by atoms with van der Waals surface area (Å²) >= 11 is 5.61. The summed E-state index contributed by atoms with van der Waals surface area (Å²) in [6, 6.07) is 5.77. The summed E-state index contributed by atoms with van der Waals surface area (Å²) in [5.41, 5.74) is 0.971. The van der Waals surface area contributed by atoms with Crippen LogP contribution in [0.25, 0.3) is 0 Å². The number of hydrogen-bond donors (Lipinski definition) is 0. The topological polar surface area (TPSA) is 30.9 Å². The van der Waals surface area contributed by atoms with Crippen LogP contribution in [0.5, 0.6) is 11.5 Å². The lowest BCUT2D eigenvalue weighted by atomic mass is 10.1. The van der Waals surface area contributed by atoms with Gasteiger partial charge in [-0.1, -0.05) is 12.2 Å². The SMILES string of the molecule is COc1ccc(C(=S)N2C[C@H](C)O[C@@H](C)C2)cc1OC. The molecule has 0 N–H and O–H groups in total. The molecule has 1 aliphatic rings. The average molecular weight is 295 g/mol. The maximum absolute atomic E-state index is 5.74. The third kappa shape index (κ3) is 3.22. The van der Waals surface area contributed by atoms with Crippen molar-refractivity contribution in [1.29, 1.82) is 0 Å². The third-order valence-corrected chi connectivity index (χ3v) is 3.83. The van der Waals surface area contributed by atoms with Crippen molar-refractivity contribution in [1.82, 2.24) is 4.90 Å². The molecule has 0 amide bonds. The number of benzene rings is 1. The second kappa shape index (κ2) is 6.41. The van der Waals surface area contributed by atoms with Crippen molar-refractivity contribution in [3.05, 3.63) is 23.8 Å². The van der Waals surface area contributed by atoms with Gasteiger partial charge in [-0.05, 0) is 32.0 Å². The minimum atomic E-state index is 0.192. The Morgan fingerprint density at radius 1 is 1.15 bits per heavy atom. The molecule has 1 saturated heterocycles. The first kappa shape index (κ1) is 15.1. The summed E-state index contributed by atoms with van der Waals surface area (Å²) in [5.74, 6) is 1.41. The van der Waals surface area contributed by atoms with Gasteiger partial charge in [0.15, 0.2) is 11.5 Å². The monoisotopic (exact) mass is 295 g/mol. The second-order valence-corrected chi connectivity index (χ2v) is 5.42. The van der Waals surface area contributed by atoms with Crippen molar-refractivity contribution in [2.24, 2.45) is 0 Å². The van der Waals surface area contributed by atoms with Crippen LogP contribution in [0.3, 0.4) is 0 Å². The third-order valence-electron chi connectivity index (χ3n) is 3.34. The molecule has 2 rings (SSSR count). The zero-order valence-electron chi connectivity index (χ0n) is 12.4. The van der Waals surface area contributed by atoms with Gasteiger partial charge in [-0.2, -0.15) is 0 Å². The Morgan fingerprint density at radius 3 is 2.30 bits per heavy atom. The Labute approximate surface area is 125 Å². The summed E-state index contributed by atoms with van der Waals surface area (Å²) in [7, 11) is 3.25. The normalized spacial score (nSPS) is 22.5. The van der Waals surface area contributed by atoms with Crippen LogP contribution >= 0.6 is 12.2 Å². The van der Waals surface area contributed by atoms with E-state index in [0.29, 0.717) is 11.5 Å². The zero-order valence-corrected chi connectivity index (χ0v) is 13.2. The Morgan fingerprint density at radius 2 is 1.75 bits per heavy atom. The molecule has 110 valence electrons. The van der Waals surface area contributed by atoms with Gasteiger partial charge in [0.2, 0.25) is 0 Å². The fraction of sp³-hybridized carbons (Fsp3) is 0.533. The van der Waals surface area contributed by atoms with Crippen molar-refractivity contribution in [3.8, 4) is 11.5 Å². The number of methoxy groups -OCH3 is 2. The molecule has 0 aliphatic carbocycles. The molecule has 2 atom stereocenters. The fourth-order valence-electron chi connectivity index (χ4n) is 2.50. The first-order valence-electron chi connectivity index (χ1n) is 6.72. The maximum atomic E-state index is 5.74. The molecule has 1 fully saturated rings. The van der Waals surface area contributed by atoms with Crippen LogP contribution < -0.4 is 9.47 Å². The molecule has 20 heavy (non-hydrogen) atoms. The minimum Gasteiger partial charge on any atom is -0.493 e. The number of rotatable bonds is 3. The van der Waals surface area contributed by atoms with Crippen LogP contribution in [0.2, 0.25) is 0 Å². The lowest BCUT2D eigenvalue weighted by molar-refractivity contribution is -0.0472. The van der Waals surface area contributed by atoms with Crippen molar-refractivity contribution >= 4 is 17.2 Å². The van der Waals surface area contributed by atoms with E-state index in [-0.39, 0.29) is 12.2 Å². The molecule has 1 heterocycles. The summed E-state index contributed by atoms with van der Waals surface area (Å²) in [5, 5.41) is 0. The summed E-state index contributed by atoms with van der Waals surface area (Å²) in [6.07, 6.45) is 0.383. The molecule has 1 aliphatic heterocycles. The van der Waals surface area contributed by atoms with Gasteiger partial charge in [0.25, 0.3) is 0 Å². The predicted octanol–water partition coefficient (Wildman–Crippen LogP) is 2.49. The van der Waals surface area contributed by atoms with Gasteiger partial charge in [0.05, 0.1) is 26.4 Å². The highest BCUT2D eigenvalue weighted by atomic mass is 32.1. The van der Waals surface area contributed by atoms with Crippen LogP contribution in [-0.4, -0.2) is 49.4 Å². The highest BCUT2D eigenvalue weighted by Gasteiger charge is 2.24. The standard InChI is InChI=1S/C15H21NO3S/c1-10-8-16(9-11(2)19-10)15(20)12-5-6-13(17-3)14(7-12)18-4/h5-7,10-11H,8-9H2,1-4H3/t10-,11-/m0/s1. The van der Waals surface area contributed by atoms with Gasteiger partial charge in [-0.15, -0.1) is 0 Å². The van der Waals surface area contributed by atoms with Crippen molar-refractivity contribution in [2.75, 3.05) is 27.3 Å². The fourth-order valence-corrected chi connectivity index (χ4v) is 2.77. The van der Waals surface area contributed by atoms with Gasteiger partial charge in [0, 0.05) is 18.7 Å². The van der Waals surface area contributed by atoms with Crippen molar-refractivity contribution < 1.29 is 14.2 Å². The van der Waals surface area contributed by atoms with Gasteiger partial charge in [-0.3, -0.25) is 0 Å². The summed E-state index contributed by atoms with van der Waals surface area (Å²) in [4.78, 5) is 3.02. The molecule has 0 unspecified atom stereocenters. The first-order chi connectivity index (χ1) is 9.55. The lowest BCUT2D eigenvalue weighted by Crippen LogP contribution is -2.47. The average Bonchev–Trinajstić information content (AvgIpc) is 2.44. The molecule has 0 bridgehead atoms. The number of thiocarbonyl (C=S) groups is 1. The largest absolute Gasteiger partial charge is 0.493 e. The van der Waals surface area contributed by atoms with Crippen molar-refractivity contribution in [3.63, 3.8) is 0 Å². The van der Waals surface area contributed by atoms with E-state index in [4.69, 9.17) is 26.4 Å². The first-order valence-corrected chi connectivity index (χ1v) is 7.12. The molecule has 0 saturated carbocycles. The number of nitrogens with zero attached hydrogens (tertiary/aromatic N) is 1. The molecular weight excluding hydrogens is 274 g/mol. The smallest absolute Gasteiger partial charge is 0.161 e. The minimum absolute atomic E-state index is 0.192. The van der Waals surface area contributed by atoms with E-state index in [9.17, 15) is 0 Å². The quantitative estimate of drug-likeness (QED) is 0.800. The molecule has 5 heteroatoms.